The van der Waals surface area contributed by atoms with E-state index in [9.17, 15) is 9.59 Å². The van der Waals surface area contributed by atoms with Crippen LogP contribution in [-0.2, 0) is 0 Å². The van der Waals surface area contributed by atoms with Gasteiger partial charge in [0.15, 0.2) is 0 Å². The van der Waals surface area contributed by atoms with Crippen LogP contribution in [0.3, 0.4) is 0 Å². The second-order valence-corrected chi connectivity index (χ2v) is 7.90. The third-order valence-electron chi connectivity index (χ3n) is 5.97. The van der Waals surface area contributed by atoms with Crippen molar-refractivity contribution < 1.29 is 9.59 Å². The van der Waals surface area contributed by atoms with Crippen molar-refractivity contribution in [2.45, 2.75) is 33.1 Å². The third-order valence-corrected chi connectivity index (χ3v) is 5.97. The van der Waals surface area contributed by atoms with E-state index >= 15 is 0 Å². The zero-order chi connectivity index (χ0) is 20.4. The largest absolute Gasteiger partial charge is 0.335 e. The first-order valence-corrected chi connectivity index (χ1v) is 10.5. The van der Waals surface area contributed by atoms with Crippen LogP contribution >= 0.6 is 0 Å². The van der Waals surface area contributed by atoms with Crippen LogP contribution in [0.1, 0.15) is 41.0 Å². The molecular formula is C22H29N5O2. The molecule has 29 heavy (non-hydrogen) atoms. The van der Waals surface area contributed by atoms with Crippen LogP contribution in [-0.4, -0.2) is 75.7 Å². The Morgan fingerprint density at radius 3 is 2.03 bits per heavy atom. The minimum Gasteiger partial charge on any atom is -0.335 e. The molecule has 3 heterocycles. The number of hydrogen-bond acceptors (Lipinski definition) is 3. The van der Waals surface area contributed by atoms with Gasteiger partial charge in [0.05, 0.1) is 22.6 Å². The van der Waals surface area contributed by atoms with E-state index < -0.39 is 0 Å². The number of benzene rings is 1. The van der Waals surface area contributed by atoms with Gasteiger partial charge < -0.3 is 14.7 Å². The Bertz CT molecular complexity index is 878. The van der Waals surface area contributed by atoms with Crippen LogP contribution in [0.5, 0.6) is 0 Å². The number of aryl methyl sites for hydroxylation is 1. The van der Waals surface area contributed by atoms with Gasteiger partial charge in [-0.3, -0.25) is 4.79 Å². The summed E-state index contributed by atoms with van der Waals surface area (Å²) in [6.45, 7) is 7.84. The number of para-hydroxylation sites is 1. The zero-order valence-corrected chi connectivity index (χ0v) is 17.3. The first-order valence-electron chi connectivity index (χ1n) is 10.5. The molecule has 154 valence electrons. The lowest BCUT2D eigenvalue weighted by molar-refractivity contribution is 0.0631. The Hall–Kier alpha value is -2.83. The van der Waals surface area contributed by atoms with Gasteiger partial charge in [-0.2, -0.15) is 5.10 Å². The number of piperazine rings is 1. The lowest BCUT2D eigenvalue weighted by atomic mass is 10.1. The van der Waals surface area contributed by atoms with Gasteiger partial charge in [0.25, 0.3) is 5.91 Å². The molecule has 2 saturated heterocycles. The van der Waals surface area contributed by atoms with Gasteiger partial charge in [-0.25, -0.2) is 9.48 Å². The predicted octanol–water partition coefficient (Wildman–Crippen LogP) is 2.85. The number of carbonyl (C=O) groups excluding carboxylic acids is 2. The topological polar surface area (TPSA) is 61.7 Å². The number of hydrogen-bond donors (Lipinski definition) is 0. The number of piperidine rings is 1. The highest BCUT2D eigenvalue weighted by Crippen LogP contribution is 2.21. The summed E-state index contributed by atoms with van der Waals surface area (Å²) in [4.78, 5) is 31.6. The molecule has 0 spiro atoms. The Kier molecular flexibility index (Phi) is 5.56. The molecule has 2 fully saturated rings. The van der Waals surface area contributed by atoms with Gasteiger partial charge in [-0.1, -0.05) is 18.2 Å². The fourth-order valence-corrected chi connectivity index (χ4v) is 4.32. The molecule has 2 aliphatic rings. The van der Waals surface area contributed by atoms with Gasteiger partial charge in [-0.05, 0) is 45.2 Å². The second-order valence-electron chi connectivity index (χ2n) is 7.90. The highest BCUT2D eigenvalue weighted by atomic mass is 16.2. The third kappa shape index (κ3) is 3.86. The van der Waals surface area contributed by atoms with Gasteiger partial charge in [0, 0.05) is 39.3 Å². The van der Waals surface area contributed by atoms with Crippen LogP contribution in [0.25, 0.3) is 5.69 Å². The van der Waals surface area contributed by atoms with E-state index in [1.165, 1.54) is 6.42 Å². The molecule has 0 unspecified atom stereocenters. The second kappa shape index (κ2) is 8.27. The minimum absolute atomic E-state index is 0.00672. The Balaban J connectivity index is 1.44. The highest BCUT2D eigenvalue weighted by molar-refractivity contribution is 5.96. The molecule has 1 aromatic carbocycles. The lowest BCUT2D eigenvalue weighted by Gasteiger charge is -2.38. The summed E-state index contributed by atoms with van der Waals surface area (Å²) in [6, 6.07) is 9.99. The summed E-state index contributed by atoms with van der Waals surface area (Å²) in [5.41, 5.74) is 3.21. The molecule has 7 nitrogen and oxygen atoms in total. The molecule has 0 radical (unpaired) electrons. The molecule has 4 rings (SSSR count). The summed E-state index contributed by atoms with van der Waals surface area (Å²) in [5.74, 6) is 0.00672. The number of rotatable bonds is 2. The van der Waals surface area contributed by atoms with Crippen molar-refractivity contribution in [3.05, 3.63) is 47.3 Å². The number of nitrogens with zero attached hydrogens (tertiary/aromatic N) is 5. The van der Waals surface area contributed by atoms with Crippen LogP contribution in [0.2, 0.25) is 0 Å². The SMILES string of the molecule is Cc1nn(-c2ccccc2)c(C)c1C(=O)N1CCN(C(=O)N2CCCCC2)CC1. The van der Waals surface area contributed by atoms with Crippen LogP contribution in [0.4, 0.5) is 4.79 Å². The zero-order valence-electron chi connectivity index (χ0n) is 17.3. The maximum absolute atomic E-state index is 13.2. The van der Waals surface area contributed by atoms with Crippen LogP contribution < -0.4 is 0 Å². The van der Waals surface area contributed by atoms with Gasteiger partial charge in [0.2, 0.25) is 0 Å². The predicted molar refractivity (Wildman–Crippen MR) is 111 cm³/mol. The summed E-state index contributed by atoms with van der Waals surface area (Å²) in [6.07, 6.45) is 3.39. The van der Waals surface area contributed by atoms with Crippen molar-refractivity contribution in [2.75, 3.05) is 39.3 Å². The van der Waals surface area contributed by atoms with E-state index in [4.69, 9.17) is 0 Å². The molecule has 0 bridgehead atoms. The highest BCUT2D eigenvalue weighted by Gasteiger charge is 2.30. The van der Waals surface area contributed by atoms with Crippen molar-refractivity contribution >= 4 is 11.9 Å². The number of likely N-dealkylation sites (tertiary alicyclic amines) is 1. The number of carbonyl (C=O) groups is 2. The summed E-state index contributed by atoms with van der Waals surface area (Å²) < 4.78 is 1.83. The van der Waals surface area contributed by atoms with E-state index in [1.54, 1.807) is 0 Å². The molecular weight excluding hydrogens is 366 g/mol. The van der Waals surface area contributed by atoms with Gasteiger partial charge in [0.1, 0.15) is 0 Å². The number of urea groups is 1. The molecule has 2 aromatic rings. The monoisotopic (exact) mass is 395 g/mol. The van der Waals surface area contributed by atoms with E-state index in [0.29, 0.717) is 31.7 Å². The fourth-order valence-electron chi connectivity index (χ4n) is 4.32. The average molecular weight is 396 g/mol. The standard InChI is InChI=1S/C22H29N5O2/c1-17-20(18(2)27(23-17)19-9-5-3-6-10-19)21(28)24-13-15-26(16-14-24)22(29)25-11-7-4-8-12-25/h3,5-6,9-10H,4,7-8,11-16H2,1-2H3. The van der Waals surface area contributed by atoms with Gasteiger partial charge in [-0.15, -0.1) is 0 Å². The van der Waals surface area contributed by atoms with Crippen molar-refractivity contribution in [3.8, 4) is 5.69 Å². The molecule has 0 saturated carbocycles. The van der Waals surface area contributed by atoms with Crippen molar-refractivity contribution in [3.63, 3.8) is 0 Å². The minimum atomic E-state index is 0.00672. The molecule has 3 amide bonds. The molecule has 0 aliphatic carbocycles. The van der Waals surface area contributed by atoms with Crippen LogP contribution in [0.15, 0.2) is 30.3 Å². The van der Waals surface area contributed by atoms with E-state index in [0.717, 1.165) is 43.0 Å². The van der Waals surface area contributed by atoms with Crippen LogP contribution in [0, 0.1) is 13.8 Å². The Labute approximate surface area is 171 Å². The number of aromatic nitrogens is 2. The smallest absolute Gasteiger partial charge is 0.320 e. The van der Waals surface area contributed by atoms with E-state index in [-0.39, 0.29) is 11.9 Å². The maximum atomic E-state index is 13.2. The molecule has 0 atom stereocenters. The Morgan fingerprint density at radius 2 is 1.38 bits per heavy atom. The molecule has 2 aliphatic heterocycles. The van der Waals surface area contributed by atoms with Crippen molar-refractivity contribution in [1.29, 1.82) is 0 Å². The normalized spacial score (nSPS) is 17.5. The summed E-state index contributed by atoms with van der Waals surface area (Å²) in [5, 5.41) is 4.60. The first-order chi connectivity index (χ1) is 14.1. The lowest BCUT2D eigenvalue weighted by Crippen LogP contribution is -2.54. The molecule has 7 heteroatoms. The average Bonchev–Trinajstić information content (AvgIpc) is 3.08. The van der Waals surface area contributed by atoms with E-state index in [2.05, 4.69) is 5.10 Å². The summed E-state index contributed by atoms with van der Waals surface area (Å²) in [7, 11) is 0. The van der Waals surface area contributed by atoms with E-state index in [1.807, 2.05) is 63.6 Å². The van der Waals surface area contributed by atoms with Crippen molar-refractivity contribution in [1.82, 2.24) is 24.5 Å². The molecule has 0 N–H and O–H groups in total. The van der Waals surface area contributed by atoms with Crippen molar-refractivity contribution in [2.24, 2.45) is 0 Å². The first kappa shape index (κ1) is 19.5. The fraction of sp³-hybridized carbons (Fsp3) is 0.500. The quantitative estimate of drug-likeness (QED) is 0.786. The Morgan fingerprint density at radius 1 is 0.793 bits per heavy atom. The maximum Gasteiger partial charge on any atom is 0.320 e. The van der Waals surface area contributed by atoms with Gasteiger partial charge >= 0.3 is 6.03 Å². The summed E-state index contributed by atoms with van der Waals surface area (Å²) >= 11 is 0. The number of amides is 3. The molecule has 1 aromatic heterocycles.